The van der Waals surface area contributed by atoms with E-state index in [2.05, 4.69) is 10.4 Å². The zero-order chi connectivity index (χ0) is 14.7. The van der Waals surface area contributed by atoms with Gasteiger partial charge in [0, 0.05) is 18.4 Å². The lowest BCUT2D eigenvalue weighted by Gasteiger charge is -2.05. The van der Waals surface area contributed by atoms with Crippen molar-refractivity contribution in [3.05, 3.63) is 40.7 Å². The summed E-state index contributed by atoms with van der Waals surface area (Å²) in [5.74, 6) is -0.421. The molecule has 0 radical (unpaired) electrons. The van der Waals surface area contributed by atoms with E-state index in [4.69, 9.17) is 22.6 Å². The molecular formula is C13H12ClN5O. The molecule has 2 rings (SSSR count). The highest BCUT2D eigenvalue weighted by Crippen LogP contribution is 2.21. The van der Waals surface area contributed by atoms with E-state index < -0.39 is 5.91 Å². The van der Waals surface area contributed by atoms with Gasteiger partial charge in [0.2, 0.25) is 0 Å². The lowest BCUT2D eigenvalue weighted by molar-refractivity contribution is 0.102. The largest absolute Gasteiger partial charge is 0.396 e. The molecule has 6 nitrogen and oxygen atoms in total. The number of benzene rings is 1. The van der Waals surface area contributed by atoms with Crippen molar-refractivity contribution in [1.29, 1.82) is 5.26 Å². The predicted molar refractivity (Wildman–Crippen MR) is 76.4 cm³/mol. The molecule has 0 atom stereocenters. The number of anilines is 2. The summed E-state index contributed by atoms with van der Waals surface area (Å²) in [6, 6.07) is 6.58. The number of carbonyl (C=O) groups is 1. The van der Waals surface area contributed by atoms with Crippen LogP contribution in [0, 0.1) is 11.3 Å². The van der Waals surface area contributed by atoms with E-state index >= 15 is 0 Å². The Balaban J connectivity index is 2.21. The van der Waals surface area contributed by atoms with Crippen molar-refractivity contribution in [2.24, 2.45) is 0 Å². The van der Waals surface area contributed by atoms with E-state index in [9.17, 15) is 4.79 Å². The molecule has 0 fully saturated rings. The molecule has 0 saturated heterocycles. The van der Waals surface area contributed by atoms with Crippen LogP contribution in [0.2, 0.25) is 5.02 Å². The second-order valence-electron chi connectivity index (χ2n) is 4.05. The fourth-order valence-corrected chi connectivity index (χ4v) is 1.87. The number of hydrogen-bond donors (Lipinski definition) is 2. The number of halogens is 1. The molecular weight excluding hydrogens is 278 g/mol. The molecule has 0 spiro atoms. The van der Waals surface area contributed by atoms with Crippen LogP contribution in [0.25, 0.3) is 0 Å². The van der Waals surface area contributed by atoms with Gasteiger partial charge >= 0.3 is 0 Å². The third-order valence-corrected chi connectivity index (χ3v) is 2.99. The van der Waals surface area contributed by atoms with E-state index in [-0.39, 0.29) is 10.7 Å². The predicted octanol–water partition coefficient (Wildman–Crippen LogP) is 2.26. The maximum Gasteiger partial charge on any atom is 0.278 e. The third-order valence-electron chi connectivity index (χ3n) is 2.68. The first-order valence-corrected chi connectivity index (χ1v) is 6.27. The molecule has 0 aliphatic heterocycles. The molecule has 1 aromatic heterocycles. The lowest BCUT2D eigenvalue weighted by Crippen LogP contribution is -2.14. The molecule has 3 N–H and O–H groups in total. The number of aromatic nitrogens is 2. The second-order valence-corrected chi connectivity index (χ2v) is 4.46. The molecule has 0 aliphatic rings. The monoisotopic (exact) mass is 289 g/mol. The van der Waals surface area contributed by atoms with Gasteiger partial charge in [-0.05, 0) is 25.1 Å². The molecule has 7 heteroatoms. The van der Waals surface area contributed by atoms with Crippen molar-refractivity contribution in [2.75, 3.05) is 11.1 Å². The minimum absolute atomic E-state index is 0.160. The van der Waals surface area contributed by atoms with Crippen molar-refractivity contribution in [1.82, 2.24) is 9.78 Å². The van der Waals surface area contributed by atoms with Crippen LogP contribution in [0.3, 0.4) is 0 Å². The smallest absolute Gasteiger partial charge is 0.278 e. The molecule has 0 aliphatic carbocycles. The summed E-state index contributed by atoms with van der Waals surface area (Å²) in [5, 5.41) is 15.8. The van der Waals surface area contributed by atoms with E-state index in [1.807, 2.05) is 13.0 Å². The van der Waals surface area contributed by atoms with E-state index in [1.165, 1.54) is 12.1 Å². The van der Waals surface area contributed by atoms with Gasteiger partial charge in [-0.2, -0.15) is 10.4 Å². The van der Waals surface area contributed by atoms with Gasteiger partial charge in [0.15, 0.2) is 5.69 Å². The van der Waals surface area contributed by atoms with Crippen molar-refractivity contribution >= 4 is 28.9 Å². The summed E-state index contributed by atoms with van der Waals surface area (Å²) >= 11 is 5.90. The number of nitrogens with zero attached hydrogens (tertiary/aromatic N) is 3. The molecule has 0 saturated carbocycles. The Bertz CT molecular complexity index is 701. The number of hydrogen-bond acceptors (Lipinski definition) is 4. The highest BCUT2D eigenvalue weighted by molar-refractivity contribution is 6.32. The minimum atomic E-state index is -0.421. The highest BCUT2D eigenvalue weighted by Gasteiger charge is 2.15. The average molecular weight is 290 g/mol. The van der Waals surface area contributed by atoms with Crippen LogP contribution in [-0.2, 0) is 6.54 Å². The Morgan fingerprint density at radius 1 is 1.60 bits per heavy atom. The Morgan fingerprint density at radius 3 is 2.90 bits per heavy atom. The minimum Gasteiger partial charge on any atom is -0.396 e. The van der Waals surface area contributed by atoms with Crippen molar-refractivity contribution in [2.45, 2.75) is 13.5 Å². The number of nitrogens with two attached hydrogens (primary N) is 1. The maximum absolute atomic E-state index is 12.1. The summed E-state index contributed by atoms with van der Waals surface area (Å²) < 4.78 is 1.58. The van der Waals surface area contributed by atoms with Crippen LogP contribution in [0.5, 0.6) is 0 Å². The fraction of sp³-hybridized carbons (Fsp3) is 0.154. The number of nitrogens with one attached hydrogen (secondary N) is 1. The van der Waals surface area contributed by atoms with Crippen molar-refractivity contribution < 1.29 is 4.79 Å². The molecule has 0 bridgehead atoms. The number of amides is 1. The van der Waals surface area contributed by atoms with Gasteiger partial charge in [0.25, 0.3) is 5.91 Å². The average Bonchev–Trinajstić information content (AvgIpc) is 2.80. The quantitative estimate of drug-likeness (QED) is 0.905. The van der Waals surface area contributed by atoms with Crippen molar-refractivity contribution in [3.8, 4) is 6.07 Å². The first-order chi connectivity index (χ1) is 9.55. The molecule has 1 heterocycles. The van der Waals surface area contributed by atoms with E-state index in [1.54, 1.807) is 16.9 Å². The topological polar surface area (TPSA) is 96.7 Å². The van der Waals surface area contributed by atoms with Gasteiger partial charge in [-0.3, -0.25) is 9.48 Å². The van der Waals surface area contributed by atoms with Gasteiger partial charge < -0.3 is 11.1 Å². The number of carbonyl (C=O) groups excluding carboxylic acids is 1. The second kappa shape index (κ2) is 5.63. The van der Waals surface area contributed by atoms with Crippen LogP contribution < -0.4 is 11.1 Å². The normalized spacial score (nSPS) is 10.1. The van der Waals surface area contributed by atoms with Crippen molar-refractivity contribution in [3.63, 3.8) is 0 Å². The Morgan fingerprint density at radius 2 is 2.35 bits per heavy atom. The number of nitriles is 1. The van der Waals surface area contributed by atoms with Crippen LogP contribution in [-0.4, -0.2) is 15.7 Å². The molecule has 2 aromatic rings. The van der Waals surface area contributed by atoms with E-state index in [0.717, 1.165) is 0 Å². The van der Waals surface area contributed by atoms with Gasteiger partial charge in [-0.15, -0.1) is 0 Å². The summed E-state index contributed by atoms with van der Waals surface area (Å²) in [4.78, 5) is 12.1. The summed E-state index contributed by atoms with van der Waals surface area (Å²) in [6.45, 7) is 2.52. The highest BCUT2D eigenvalue weighted by atomic mass is 35.5. The Kier molecular flexibility index (Phi) is 3.91. The molecule has 1 amide bonds. The van der Waals surface area contributed by atoms with Gasteiger partial charge in [-0.1, -0.05) is 11.6 Å². The Hall–Kier alpha value is -2.52. The molecule has 1 aromatic carbocycles. The molecule has 20 heavy (non-hydrogen) atoms. The van der Waals surface area contributed by atoms with Gasteiger partial charge in [0.05, 0.1) is 16.3 Å². The zero-order valence-corrected chi connectivity index (χ0v) is 11.5. The molecule has 102 valence electrons. The van der Waals surface area contributed by atoms with Crippen LogP contribution >= 0.6 is 11.6 Å². The number of aryl methyl sites for hydroxylation is 1. The fourth-order valence-electron chi connectivity index (χ4n) is 1.65. The van der Waals surface area contributed by atoms with E-state index in [0.29, 0.717) is 23.5 Å². The maximum atomic E-state index is 12.1. The third kappa shape index (κ3) is 2.73. The first-order valence-electron chi connectivity index (χ1n) is 5.89. The SMILES string of the molecule is CCn1cc(N)c(C(=O)Nc2ccc(C#N)c(Cl)c2)n1. The van der Waals surface area contributed by atoms with Gasteiger partial charge in [0.1, 0.15) is 6.07 Å². The Labute approximate surface area is 120 Å². The lowest BCUT2D eigenvalue weighted by atomic mass is 10.2. The number of rotatable bonds is 3. The standard InChI is InChI=1S/C13H12ClN5O/c1-2-19-7-11(16)12(18-19)13(20)17-9-4-3-8(6-15)10(14)5-9/h3-5,7H,2,16H2,1H3,(H,17,20). The van der Waals surface area contributed by atoms with Crippen LogP contribution in [0.1, 0.15) is 23.0 Å². The molecule has 0 unspecified atom stereocenters. The van der Waals surface area contributed by atoms with Crippen LogP contribution in [0.15, 0.2) is 24.4 Å². The number of nitrogen functional groups attached to an aromatic ring is 1. The summed E-state index contributed by atoms with van der Waals surface area (Å²) in [5.41, 5.74) is 7.03. The summed E-state index contributed by atoms with van der Waals surface area (Å²) in [7, 11) is 0. The zero-order valence-electron chi connectivity index (χ0n) is 10.7. The summed E-state index contributed by atoms with van der Waals surface area (Å²) in [6.07, 6.45) is 1.60. The van der Waals surface area contributed by atoms with Gasteiger partial charge in [-0.25, -0.2) is 0 Å². The first kappa shape index (κ1) is 13.9. The van der Waals surface area contributed by atoms with Crippen LogP contribution in [0.4, 0.5) is 11.4 Å².